The Morgan fingerprint density at radius 2 is 1.81 bits per heavy atom. The predicted molar refractivity (Wildman–Crippen MR) is 141 cm³/mol. The zero-order valence-electron chi connectivity index (χ0n) is 18.6. The van der Waals surface area contributed by atoms with Crippen molar-refractivity contribution < 1.29 is 18.6 Å². The molecule has 0 bridgehead atoms. The fourth-order valence-electron chi connectivity index (χ4n) is 3.69. The maximum Gasteiger partial charge on any atom is 0.231 e. The van der Waals surface area contributed by atoms with E-state index < -0.39 is 5.82 Å². The third kappa shape index (κ3) is 4.75. The van der Waals surface area contributed by atoms with E-state index in [1.165, 1.54) is 28.6 Å². The number of hydrogen-bond donors (Lipinski definition) is 0. The first-order valence-electron chi connectivity index (χ1n) is 10.8. The van der Waals surface area contributed by atoms with Gasteiger partial charge in [-0.15, -0.1) is 10.2 Å². The summed E-state index contributed by atoms with van der Waals surface area (Å²) >= 11 is 20.0. The molecule has 12 heteroatoms. The van der Waals surface area contributed by atoms with Crippen molar-refractivity contribution >= 4 is 58.4 Å². The number of rotatable bonds is 5. The topological polar surface area (TPSA) is 70.8 Å². The molecule has 0 unspecified atom stereocenters. The van der Waals surface area contributed by atoms with Gasteiger partial charge in [-0.25, -0.2) is 4.39 Å². The summed E-state index contributed by atoms with van der Waals surface area (Å²) in [5, 5.41) is 14.4. The lowest BCUT2D eigenvalue weighted by Crippen LogP contribution is -2.15. The fraction of sp³-hybridized carbons (Fsp3) is 0.0800. The van der Waals surface area contributed by atoms with Gasteiger partial charge in [0.25, 0.3) is 0 Å². The Morgan fingerprint density at radius 1 is 0.973 bits per heavy atom. The molecule has 0 spiro atoms. The van der Waals surface area contributed by atoms with Crippen LogP contribution < -0.4 is 14.2 Å². The Kier molecular flexibility index (Phi) is 6.46. The van der Waals surface area contributed by atoms with Crippen LogP contribution in [0.1, 0.15) is 17.0 Å². The molecule has 0 radical (unpaired) electrons. The first-order valence-corrected chi connectivity index (χ1v) is 12.8. The molecule has 0 saturated carbocycles. The van der Waals surface area contributed by atoms with Crippen LogP contribution in [-0.4, -0.2) is 27.4 Å². The Balaban J connectivity index is 1.42. The van der Waals surface area contributed by atoms with Gasteiger partial charge < -0.3 is 14.2 Å². The van der Waals surface area contributed by atoms with Crippen LogP contribution in [0.15, 0.2) is 69.8 Å². The zero-order valence-corrected chi connectivity index (χ0v) is 21.7. The number of nitrogens with zero attached hydrogens (tertiary/aromatic N) is 4. The molecule has 0 aliphatic carbocycles. The van der Waals surface area contributed by atoms with Gasteiger partial charge >= 0.3 is 0 Å². The summed E-state index contributed by atoms with van der Waals surface area (Å²) in [4.78, 5) is 0.668. The lowest BCUT2D eigenvalue weighted by Gasteiger charge is -2.18. The van der Waals surface area contributed by atoms with E-state index in [4.69, 9.17) is 54.1 Å². The average Bonchev–Trinajstić information content (AvgIpc) is 3.51. The third-order valence-corrected chi connectivity index (χ3v) is 7.35. The van der Waals surface area contributed by atoms with Crippen molar-refractivity contribution in [2.75, 3.05) is 6.79 Å². The van der Waals surface area contributed by atoms with Gasteiger partial charge in [-0.05, 0) is 59.8 Å². The Bertz CT molecular complexity index is 1610. The Labute approximate surface area is 229 Å². The van der Waals surface area contributed by atoms with Gasteiger partial charge in [0.15, 0.2) is 17.3 Å². The second-order valence-corrected chi connectivity index (χ2v) is 10.1. The smallest absolute Gasteiger partial charge is 0.231 e. The van der Waals surface area contributed by atoms with Crippen LogP contribution in [0.5, 0.6) is 17.2 Å². The summed E-state index contributed by atoms with van der Waals surface area (Å²) in [5.41, 5.74) is 1.59. The highest BCUT2D eigenvalue weighted by Gasteiger charge is 2.27. The largest absolute Gasteiger partial charge is 0.484 e. The van der Waals surface area contributed by atoms with E-state index in [1.807, 2.05) is 36.4 Å². The number of fused-ring (bicyclic) bond motifs is 2. The minimum absolute atomic E-state index is 0.0536. The number of ether oxygens (including phenoxy) is 3. The standard InChI is InChI=1S/C25H14Cl3FN4O3S/c26-15-3-1-2-4-19(15)34-11-23-30-31-25-33(23)32-24(14-9-18(29)17(28)10-16(14)27)22(37-25)8-13-5-6-20-21(7-13)36-12-35-20/h1-10H,11-12H2/b22-8-. The molecule has 0 N–H and O–H groups in total. The molecule has 0 atom stereocenters. The Morgan fingerprint density at radius 3 is 2.68 bits per heavy atom. The van der Waals surface area contributed by atoms with Gasteiger partial charge in [0.2, 0.25) is 11.9 Å². The predicted octanol–water partition coefficient (Wildman–Crippen LogP) is 7.08. The van der Waals surface area contributed by atoms with Crippen LogP contribution in [0.3, 0.4) is 0 Å². The first kappa shape index (κ1) is 24.1. The van der Waals surface area contributed by atoms with E-state index in [1.54, 1.807) is 12.1 Å². The number of para-hydroxylation sites is 1. The number of allylic oxidation sites excluding steroid dienone is 1. The number of benzene rings is 3. The summed E-state index contributed by atoms with van der Waals surface area (Å²) in [6, 6.07) is 15.3. The number of halogens is 4. The van der Waals surface area contributed by atoms with Crippen LogP contribution in [0.25, 0.3) is 6.08 Å². The van der Waals surface area contributed by atoms with Crippen LogP contribution in [0.4, 0.5) is 4.39 Å². The molecule has 0 amide bonds. The van der Waals surface area contributed by atoms with Gasteiger partial charge in [-0.2, -0.15) is 9.78 Å². The molecule has 1 aromatic heterocycles. The highest BCUT2D eigenvalue weighted by atomic mass is 35.5. The van der Waals surface area contributed by atoms with Crippen LogP contribution in [-0.2, 0) is 6.61 Å². The lowest BCUT2D eigenvalue weighted by atomic mass is 10.1. The second-order valence-electron chi connectivity index (χ2n) is 7.85. The van der Waals surface area contributed by atoms with E-state index in [0.717, 1.165) is 5.56 Å². The molecular weight excluding hydrogens is 562 g/mol. The van der Waals surface area contributed by atoms with Gasteiger partial charge in [-0.3, -0.25) is 0 Å². The van der Waals surface area contributed by atoms with Crippen LogP contribution in [0, 0.1) is 5.82 Å². The summed E-state index contributed by atoms with van der Waals surface area (Å²) in [5.74, 6) is 1.60. The molecule has 37 heavy (non-hydrogen) atoms. The minimum atomic E-state index is -0.618. The van der Waals surface area contributed by atoms with E-state index in [0.29, 0.717) is 49.4 Å². The number of aromatic nitrogens is 3. The molecular formula is C25H14Cl3FN4O3S. The van der Waals surface area contributed by atoms with Crippen molar-refractivity contribution in [1.82, 2.24) is 14.9 Å². The van der Waals surface area contributed by atoms with E-state index in [-0.39, 0.29) is 23.4 Å². The van der Waals surface area contributed by atoms with Crippen molar-refractivity contribution in [1.29, 1.82) is 0 Å². The van der Waals surface area contributed by atoms with Crippen molar-refractivity contribution in [3.63, 3.8) is 0 Å². The molecule has 3 heterocycles. The minimum Gasteiger partial charge on any atom is -0.484 e. The monoisotopic (exact) mass is 574 g/mol. The van der Waals surface area contributed by atoms with E-state index in [9.17, 15) is 4.39 Å². The van der Waals surface area contributed by atoms with Gasteiger partial charge in [-0.1, -0.05) is 53.0 Å². The maximum absolute atomic E-state index is 14.5. The normalized spacial score (nSPS) is 15.0. The molecule has 0 fully saturated rings. The van der Waals surface area contributed by atoms with Gasteiger partial charge in [0, 0.05) is 10.5 Å². The number of thioether (sulfide) groups is 1. The second kappa shape index (κ2) is 9.90. The quantitative estimate of drug-likeness (QED) is 0.237. The lowest BCUT2D eigenvalue weighted by molar-refractivity contribution is 0.174. The molecule has 6 rings (SSSR count). The van der Waals surface area contributed by atoms with E-state index in [2.05, 4.69) is 10.2 Å². The first-order chi connectivity index (χ1) is 18.0. The molecule has 7 nitrogen and oxygen atoms in total. The van der Waals surface area contributed by atoms with Crippen molar-refractivity contribution in [2.45, 2.75) is 11.8 Å². The summed E-state index contributed by atoms with van der Waals surface area (Å²) in [6.45, 7) is 0.219. The van der Waals surface area contributed by atoms with Crippen molar-refractivity contribution in [2.24, 2.45) is 5.10 Å². The maximum atomic E-state index is 14.5. The molecule has 2 aliphatic rings. The van der Waals surface area contributed by atoms with E-state index >= 15 is 0 Å². The average molecular weight is 576 g/mol. The zero-order chi connectivity index (χ0) is 25.5. The molecule has 2 aliphatic heterocycles. The van der Waals surface area contributed by atoms with Crippen molar-refractivity contribution in [3.05, 3.63) is 97.3 Å². The molecule has 186 valence electrons. The third-order valence-electron chi connectivity index (χ3n) is 5.46. The molecule has 3 aromatic carbocycles. The Hall–Kier alpha value is -3.24. The number of hydrogen-bond acceptors (Lipinski definition) is 7. The SMILES string of the molecule is Fc1cc(C2=Nn3c(COc4ccccc4Cl)nnc3S/C2=C\c2ccc3c(c2)OCO3)c(Cl)cc1Cl. The molecule has 0 saturated heterocycles. The highest BCUT2D eigenvalue weighted by molar-refractivity contribution is 8.04. The summed E-state index contributed by atoms with van der Waals surface area (Å²) < 4.78 is 32.8. The van der Waals surface area contributed by atoms with Crippen LogP contribution >= 0.6 is 46.6 Å². The van der Waals surface area contributed by atoms with Crippen LogP contribution in [0.2, 0.25) is 15.1 Å². The highest BCUT2D eigenvalue weighted by Crippen LogP contribution is 2.39. The summed E-state index contributed by atoms with van der Waals surface area (Å²) in [6.07, 6.45) is 1.88. The van der Waals surface area contributed by atoms with Gasteiger partial charge in [0.05, 0.1) is 15.1 Å². The summed E-state index contributed by atoms with van der Waals surface area (Å²) in [7, 11) is 0. The fourth-order valence-corrected chi connectivity index (χ4v) is 5.31. The molecule has 4 aromatic rings. The van der Waals surface area contributed by atoms with Gasteiger partial charge in [0.1, 0.15) is 23.9 Å². The van der Waals surface area contributed by atoms with Crippen molar-refractivity contribution in [3.8, 4) is 17.2 Å².